The minimum absolute atomic E-state index is 0.00871. The van der Waals surface area contributed by atoms with Gasteiger partial charge < -0.3 is 19.9 Å². The Morgan fingerprint density at radius 2 is 1.84 bits per heavy atom. The molecule has 6 aliphatic rings. The van der Waals surface area contributed by atoms with E-state index in [-0.39, 0.29) is 52.4 Å². The van der Waals surface area contributed by atoms with Gasteiger partial charge in [-0.1, -0.05) is 0 Å². The summed E-state index contributed by atoms with van der Waals surface area (Å²) in [5, 5.41) is 5.66. The third-order valence-corrected chi connectivity index (χ3v) is 11.7. The molecule has 2 amide bonds. The van der Waals surface area contributed by atoms with E-state index in [1.165, 1.54) is 12.8 Å². The molecule has 2 N–H and O–H groups in total. The molecule has 1 spiro atoms. The van der Waals surface area contributed by atoms with Crippen LogP contribution in [0, 0.1) is 17.3 Å². The van der Waals surface area contributed by atoms with Gasteiger partial charge in [0.15, 0.2) is 0 Å². The van der Waals surface area contributed by atoms with Crippen molar-refractivity contribution in [3.05, 3.63) is 0 Å². The second kappa shape index (κ2) is 10.9. The summed E-state index contributed by atoms with van der Waals surface area (Å²) < 4.78 is 6.27. The number of rotatable bonds is 3. The Labute approximate surface area is 237 Å². The van der Waals surface area contributed by atoms with Crippen LogP contribution in [0.3, 0.4) is 0 Å². The fraction of sp³-hybridized carbons (Fsp3) is 0.929. The fourth-order valence-electron chi connectivity index (χ4n) is 8.44. The number of hydrazine groups is 1. The Hall–Kier alpha value is -0.800. The van der Waals surface area contributed by atoms with E-state index in [1.54, 1.807) is 6.92 Å². The zero-order chi connectivity index (χ0) is 26.6. The lowest BCUT2D eigenvalue weighted by Gasteiger charge is -2.54. The maximum atomic E-state index is 13.9. The number of nitrogens with zero attached hydrogens (tertiary/aromatic N) is 3. The molecule has 0 aromatic heterocycles. The Morgan fingerprint density at radius 1 is 1.03 bits per heavy atom. The van der Waals surface area contributed by atoms with E-state index in [0.717, 1.165) is 58.3 Å². The molecule has 10 heteroatoms. The smallest absolute Gasteiger partial charge is 0.410 e. The number of carbonyl (C=O) groups is 2. The van der Waals surface area contributed by atoms with Gasteiger partial charge in [-0.2, -0.15) is 0 Å². The minimum Gasteiger partial charge on any atom is -0.444 e. The Bertz CT molecular complexity index is 900. The van der Waals surface area contributed by atoms with Crippen molar-refractivity contribution in [2.24, 2.45) is 17.3 Å². The second-order valence-electron chi connectivity index (χ2n) is 13.1. The van der Waals surface area contributed by atoms with Crippen molar-refractivity contribution in [1.82, 2.24) is 25.6 Å². The number of halogens is 2. The highest BCUT2D eigenvalue weighted by atomic mass is 35.5. The largest absolute Gasteiger partial charge is 0.444 e. The van der Waals surface area contributed by atoms with Crippen LogP contribution in [0.5, 0.6) is 0 Å². The Kier molecular flexibility index (Phi) is 7.84. The van der Waals surface area contributed by atoms with Gasteiger partial charge >= 0.3 is 6.09 Å². The Balaban J connectivity index is 1.17. The number of nitrogens with one attached hydrogen (secondary N) is 2. The summed E-state index contributed by atoms with van der Waals surface area (Å²) in [5.41, 5.74) is 3.56. The van der Waals surface area contributed by atoms with Crippen molar-refractivity contribution < 1.29 is 14.3 Å². The number of amides is 2. The van der Waals surface area contributed by atoms with Crippen molar-refractivity contribution >= 4 is 35.2 Å². The average molecular weight is 571 g/mol. The number of fused-ring (bicyclic) bond motifs is 1. The minimum atomic E-state index is -0.343. The first kappa shape index (κ1) is 27.4. The van der Waals surface area contributed by atoms with Gasteiger partial charge in [-0.15, -0.1) is 23.2 Å². The summed E-state index contributed by atoms with van der Waals surface area (Å²) in [5.74, 6) is 1.23. The normalized spacial score (nSPS) is 44.2. The standard InChI is InChI=1S/C28H45Cl2N5O3/c1-17-14-33(27(37)38-25-12-28(8-3-9-31-16-28)26(30)11-22(25)29)24-10-19(4-7-23(24)35(17)18(2)36)20-13-32-34(15-20)21-5-6-21/h17,19-26,31-32H,3-16H2,1-2H3/t17-,19?,20?,22?,23?,24?,25?,26?,28?/m0/s1. The van der Waals surface area contributed by atoms with Crippen molar-refractivity contribution in [2.75, 3.05) is 32.7 Å². The van der Waals surface area contributed by atoms with Gasteiger partial charge in [0.05, 0.1) is 17.5 Å². The van der Waals surface area contributed by atoms with E-state index in [1.807, 2.05) is 9.80 Å². The zero-order valence-corrected chi connectivity index (χ0v) is 24.4. The molecule has 6 fully saturated rings. The molecule has 3 saturated carbocycles. The lowest BCUT2D eigenvalue weighted by atomic mass is 9.68. The molecule has 8 nitrogen and oxygen atoms in total. The van der Waals surface area contributed by atoms with E-state index >= 15 is 0 Å². The van der Waals surface area contributed by atoms with Gasteiger partial charge in [-0.3, -0.25) is 10.2 Å². The fourth-order valence-corrected chi connectivity index (χ4v) is 9.31. The van der Waals surface area contributed by atoms with Crippen molar-refractivity contribution in [1.29, 1.82) is 0 Å². The van der Waals surface area contributed by atoms with E-state index in [0.29, 0.717) is 37.3 Å². The number of carbonyl (C=O) groups excluding carboxylic acids is 2. The second-order valence-corrected chi connectivity index (χ2v) is 14.2. The lowest BCUT2D eigenvalue weighted by Crippen LogP contribution is -2.67. The maximum absolute atomic E-state index is 13.9. The predicted molar refractivity (Wildman–Crippen MR) is 148 cm³/mol. The van der Waals surface area contributed by atoms with Gasteiger partial charge in [-0.25, -0.2) is 9.80 Å². The van der Waals surface area contributed by atoms with Crippen LogP contribution >= 0.6 is 23.2 Å². The van der Waals surface area contributed by atoms with E-state index < -0.39 is 0 Å². The summed E-state index contributed by atoms with van der Waals surface area (Å²) in [4.78, 5) is 30.6. The lowest BCUT2D eigenvalue weighted by molar-refractivity contribution is -0.143. The van der Waals surface area contributed by atoms with Gasteiger partial charge in [0.2, 0.25) is 5.91 Å². The van der Waals surface area contributed by atoms with Crippen LogP contribution < -0.4 is 10.7 Å². The highest BCUT2D eigenvalue weighted by molar-refractivity contribution is 6.24. The van der Waals surface area contributed by atoms with Crippen LogP contribution in [0.1, 0.15) is 71.6 Å². The van der Waals surface area contributed by atoms with Crippen LogP contribution in [-0.4, -0.2) is 101 Å². The van der Waals surface area contributed by atoms with Crippen LogP contribution in [-0.2, 0) is 9.53 Å². The summed E-state index contributed by atoms with van der Waals surface area (Å²) in [6.45, 7) is 8.21. The van der Waals surface area contributed by atoms with Crippen LogP contribution in [0.4, 0.5) is 4.79 Å². The maximum Gasteiger partial charge on any atom is 0.410 e. The van der Waals surface area contributed by atoms with Crippen LogP contribution in [0.2, 0.25) is 0 Å². The summed E-state index contributed by atoms with van der Waals surface area (Å²) >= 11 is 13.6. The molecule has 38 heavy (non-hydrogen) atoms. The molecule has 8 unspecified atom stereocenters. The third-order valence-electron chi connectivity index (χ3n) is 10.6. The number of piperazine rings is 1. The molecule has 214 valence electrons. The quantitative estimate of drug-likeness (QED) is 0.506. The molecule has 0 bridgehead atoms. The van der Waals surface area contributed by atoms with Crippen molar-refractivity contribution in [3.8, 4) is 0 Å². The molecule has 3 aliphatic carbocycles. The molecule has 0 aromatic rings. The monoisotopic (exact) mass is 569 g/mol. The van der Waals surface area contributed by atoms with Crippen molar-refractivity contribution in [2.45, 2.75) is 113 Å². The zero-order valence-electron chi connectivity index (χ0n) is 22.9. The number of hydrogen-bond acceptors (Lipinski definition) is 6. The SMILES string of the molecule is CC(=O)N1C2CCC(C3CNN(C4CC4)C3)CC2N(C(=O)OC2CC3(CCCNC3)C(Cl)CC2Cl)C[C@@H]1C. The van der Waals surface area contributed by atoms with Gasteiger partial charge in [0.1, 0.15) is 6.10 Å². The molecular weight excluding hydrogens is 525 g/mol. The van der Waals surface area contributed by atoms with Crippen LogP contribution in [0.25, 0.3) is 0 Å². The molecule has 3 saturated heterocycles. The number of piperidine rings is 1. The molecule has 0 radical (unpaired) electrons. The topological polar surface area (TPSA) is 77.2 Å². The van der Waals surface area contributed by atoms with E-state index in [2.05, 4.69) is 22.7 Å². The first-order valence-electron chi connectivity index (χ1n) is 15.0. The highest BCUT2D eigenvalue weighted by Crippen LogP contribution is 2.47. The highest BCUT2D eigenvalue weighted by Gasteiger charge is 2.52. The van der Waals surface area contributed by atoms with E-state index in [9.17, 15) is 9.59 Å². The summed E-state index contributed by atoms with van der Waals surface area (Å²) in [6.07, 6.45) is 8.43. The third kappa shape index (κ3) is 5.17. The molecule has 0 aromatic carbocycles. The van der Waals surface area contributed by atoms with Gasteiger partial charge in [0.25, 0.3) is 0 Å². The molecule has 9 atom stereocenters. The molecule has 3 heterocycles. The number of ether oxygens (including phenoxy) is 1. The van der Waals surface area contributed by atoms with Gasteiger partial charge in [-0.05, 0) is 83.1 Å². The van der Waals surface area contributed by atoms with E-state index in [4.69, 9.17) is 27.9 Å². The molecule has 6 rings (SSSR count). The molecular formula is C28H45Cl2N5O3. The van der Waals surface area contributed by atoms with Crippen molar-refractivity contribution in [3.63, 3.8) is 0 Å². The van der Waals surface area contributed by atoms with Crippen LogP contribution in [0.15, 0.2) is 0 Å². The average Bonchev–Trinajstić information content (AvgIpc) is 3.63. The Morgan fingerprint density at radius 3 is 2.55 bits per heavy atom. The predicted octanol–water partition coefficient (Wildman–Crippen LogP) is 3.56. The number of alkyl halides is 2. The molecule has 3 aliphatic heterocycles. The summed E-state index contributed by atoms with van der Waals surface area (Å²) in [7, 11) is 0. The first-order chi connectivity index (χ1) is 18.3. The number of hydrogen-bond donors (Lipinski definition) is 2. The summed E-state index contributed by atoms with van der Waals surface area (Å²) in [6, 6.07) is 0.712. The van der Waals surface area contributed by atoms with Gasteiger partial charge in [0, 0.05) is 56.0 Å². The first-order valence-corrected chi connectivity index (χ1v) is 15.9.